The zero-order valence-corrected chi connectivity index (χ0v) is 15.1. The molecule has 132 valence electrons. The molecule has 1 aliphatic rings. The van der Waals surface area contributed by atoms with E-state index in [9.17, 15) is 14.4 Å². The van der Waals surface area contributed by atoms with Crippen LogP contribution in [-0.4, -0.2) is 59.7 Å². The quantitative estimate of drug-likeness (QED) is 0.848. The lowest BCUT2D eigenvalue weighted by Crippen LogP contribution is -2.54. The minimum absolute atomic E-state index is 0.0424. The molecule has 1 unspecified atom stereocenters. The Hall–Kier alpha value is -1.89. The molecule has 0 bridgehead atoms. The highest BCUT2D eigenvalue weighted by Crippen LogP contribution is 2.23. The van der Waals surface area contributed by atoms with E-state index in [-0.39, 0.29) is 24.3 Å². The van der Waals surface area contributed by atoms with Gasteiger partial charge in [-0.2, -0.15) is 0 Å². The van der Waals surface area contributed by atoms with Crippen molar-refractivity contribution in [2.75, 3.05) is 26.2 Å². The lowest BCUT2D eigenvalue weighted by Gasteiger charge is -2.37. The van der Waals surface area contributed by atoms with Crippen LogP contribution in [-0.2, 0) is 9.59 Å². The monoisotopic (exact) mass is 351 g/mol. The number of hydrogen-bond acceptors (Lipinski definition) is 4. The molecule has 6 nitrogen and oxygen atoms in total. The maximum atomic E-state index is 12.9. The number of thiophene rings is 1. The fraction of sp³-hybridized carbons (Fsp3) is 0.588. The second-order valence-corrected chi connectivity index (χ2v) is 6.74. The van der Waals surface area contributed by atoms with Gasteiger partial charge in [0, 0.05) is 19.6 Å². The summed E-state index contributed by atoms with van der Waals surface area (Å²) in [6.07, 6.45) is 2.48. The number of hydrogen-bond donors (Lipinski definition) is 1. The van der Waals surface area contributed by atoms with Crippen molar-refractivity contribution in [3.8, 4) is 0 Å². The van der Waals surface area contributed by atoms with Crippen LogP contribution in [0, 0.1) is 0 Å². The summed E-state index contributed by atoms with van der Waals surface area (Å²) in [5.74, 6) is -0.384. The molecule has 1 aromatic rings. The molecule has 3 amide bonds. The van der Waals surface area contributed by atoms with Crippen LogP contribution < -0.4 is 5.32 Å². The molecule has 0 radical (unpaired) electrons. The largest absolute Gasteiger partial charge is 0.355 e. The molecule has 2 rings (SSSR count). The van der Waals surface area contributed by atoms with Crippen LogP contribution in [0.2, 0.25) is 0 Å². The van der Waals surface area contributed by atoms with Gasteiger partial charge < -0.3 is 15.1 Å². The number of amides is 3. The average molecular weight is 351 g/mol. The number of likely N-dealkylation sites (tertiary alicyclic amines) is 1. The second-order valence-electron chi connectivity index (χ2n) is 5.79. The summed E-state index contributed by atoms with van der Waals surface area (Å²) in [6, 6.07) is 3.16. The van der Waals surface area contributed by atoms with Gasteiger partial charge in [-0.3, -0.25) is 14.4 Å². The molecule has 1 aliphatic heterocycles. The molecule has 24 heavy (non-hydrogen) atoms. The Balaban J connectivity index is 2.11. The van der Waals surface area contributed by atoms with E-state index in [1.54, 1.807) is 11.0 Å². The first-order valence-electron chi connectivity index (χ1n) is 8.48. The topological polar surface area (TPSA) is 69.7 Å². The summed E-state index contributed by atoms with van der Waals surface area (Å²) in [6.45, 7) is 5.32. The van der Waals surface area contributed by atoms with E-state index >= 15 is 0 Å². The van der Waals surface area contributed by atoms with Gasteiger partial charge >= 0.3 is 0 Å². The fourth-order valence-corrected chi connectivity index (χ4v) is 3.63. The van der Waals surface area contributed by atoms with Gasteiger partial charge in [0.1, 0.15) is 6.04 Å². The van der Waals surface area contributed by atoms with Crippen molar-refractivity contribution < 1.29 is 14.4 Å². The predicted octanol–water partition coefficient (Wildman–Crippen LogP) is 1.73. The van der Waals surface area contributed by atoms with Crippen molar-refractivity contribution in [3.05, 3.63) is 22.4 Å². The Morgan fingerprint density at radius 3 is 2.75 bits per heavy atom. The Bertz CT molecular complexity index is 574. The van der Waals surface area contributed by atoms with Crippen molar-refractivity contribution in [3.63, 3.8) is 0 Å². The van der Waals surface area contributed by atoms with E-state index in [4.69, 9.17) is 0 Å². The minimum atomic E-state index is -0.470. The normalized spacial score (nSPS) is 17.4. The van der Waals surface area contributed by atoms with Crippen LogP contribution in [0.25, 0.3) is 0 Å². The SMILES string of the molecule is CCNC(=O)CN(CC)C(=O)C1CCCCN1C(=O)c1cccs1. The number of nitrogens with zero attached hydrogens (tertiary/aromatic N) is 2. The maximum absolute atomic E-state index is 12.9. The minimum Gasteiger partial charge on any atom is -0.355 e. The lowest BCUT2D eigenvalue weighted by atomic mass is 10.0. The van der Waals surface area contributed by atoms with Gasteiger partial charge in [-0.15, -0.1) is 11.3 Å². The Morgan fingerprint density at radius 2 is 2.12 bits per heavy atom. The van der Waals surface area contributed by atoms with Crippen LogP contribution in [0.15, 0.2) is 17.5 Å². The van der Waals surface area contributed by atoms with Gasteiger partial charge in [0.15, 0.2) is 0 Å². The number of piperidine rings is 1. The highest BCUT2D eigenvalue weighted by atomic mass is 32.1. The molecule has 1 saturated heterocycles. The van der Waals surface area contributed by atoms with Crippen LogP contribution in [0.5, 0.6) is 0 Å². The summed E-state index contributed by atoms with van der Waals surface area (Å²) < 4.78 is 0. The first-order valence-corrected chi connectivity index (χ1v) is 9.36. The van der Waals surface area contributed by atoms with E-state index < -0.39 is 6.04 Å². The molecule has 1 atom stereocenters. The molecule has 0 aliphatic carbocycles. The summed E-state index contributed by atoms with van der Waals surface area (Å²) >= 11 is 1.39. The molecule has 2 heterocycles. The highest BCUT2D eigenvalue weighted by Gasteiger charge is 2.35. The summed E-state index contributed by atoms with van der Waals surface area (Å²) in [4.78, 5) is 41.3. The van der Waals surface area contributed by atoms with Gasteiger partial charge in [-0.1, -0.05) is 6.07 Å². The zero-order valence-electron chi connectivity index (χ0n) is 14.3. The predicted molar refractivity (Wildman–Crippen MR) is 93.9 cm³/mol. The first kappa shape index (κ1) is 18.4. The van der Waals surface area contributed by atoms with E-state index in [0.29, 0.717) is 30.9 Å². The van der Waals surface area contributed by atoms with Gasteiger partial charge in [-0.05, 0) is 44.6 Å². The van der Waals surface area contributed by atoms with Gasteiger partial charge in [0.2, 0.25) is 11.8 Å². The molecule has 0 aromatic carbocycles. The molecule has 1 N–H and O–H groups in total. The lowest BCUT2D eigenvalue weighted by molar-refractivity contribution is -0.140. The number of nitrogens with one attached hydrogen (secondary N) is 1. The average Bonchev–Trinajstić information content (AvgIpc) is 3.13. The fourth-order valence-electron chi connectivity index (χ4n) is 2.96. The Kier molecular flexibility index (Phi) is 6.78. The van der Waals surface area contributed by atoms with Crippen molar-refractivity contribution in [2.45, 2.75) is 39.2 Å². The molecule has 1 fully saturated rings. The molecule has 1 aromatic heterocycles. The van der Waals surface area contributed by atoms with Crippen molar-refractivity contribution >= 4 is 29.1 Å². The summed E-state index contributed by atoms with van der Waals surface area (Å²) in [5.41, 5.74) is 0. The summed E-state index contributed by atoms with van der Waals surface area (Å²) in [7, 11) is 0. The third-order valence-electron chi connectivity index (χ3n) is 4.18. The van der Waals surface area contributed by atoms with Gasteiger partial charge in [0.05, 0.1) is 11.4 Å². The number of carbonyl (C=O) groups excluding carboxylic acids is 3. The van der Waals surface area contributed by atoms with Crippen LogP contribution in [0.4, 0.5) is 0 Å². The maximum Gasteiger partial charge on any atom is 0.264 e. The molecular weight excluding hydrogens is 326 g/mol. The first-order chi connectivity index (χ1) is 11.6. The smallest absolute Gasteiger partial charge is 0.264 e. The highest BCUT2D eigenvalue weighted by molar-refractivity contribution is 7.12. The number of likely N-dealkylation sites (N-methyl/N-ethyl adjacent to an activating group) is 2. The van der Waals surface area contributed by atoms with E-state index in [1.165, 1.54) is 16.2 Å². The molecule has 0 spiro atoms. The van der Waals surface area contributed by atoms with Gasteiger partial charge in [-0.25, -0.2) is 0 Å². The van der Waals surface area contributed by atoms with Crippen molar-refractivity contribution in [1.82, 2.24) is 15.1 Å². The van der Waals surface area contributed by atoms with Crippen molar-refractivity contribution in [1.29, 1.82) is 0 Å². The second kappa shape index (κ2) is 8.82. The van der Waals surface area contributed by atoms with Crippen LogP contribution >= 0.6 is 11.3 Å². The molecule has 7 heteroatoms. The third kappa shape index (κ3) is 4.35. The standard InChI is InChI=1S/C17H25N3O3S/c1-3-18-15(21)12-19(4-2)16(22)13-8-5-6-10-20(13)17(23)14-9-7-11-24-14/h7,9,11,13H,3-6,8,10,12H2,1-2H3,(H,18,21). The summed E-state index contributed by atoms with van der Waals surface area (Å²) in [5, 5.41) is 4.58. The van der Waals surface area contributed by atoms with E-state index in [0.717, 1.165) is 12.8 Å². The van der Waals surface area contributed by atoms with E-state index in [1.807, 2.05) is 25.3 Å². The Labute approximate surface area is 146 Å². The zero-order chi connectivity index (χ0) is 17.5. The van der Waals surface area contributed by atoms with E-state index in [2.05, 4.69) is 5.32 Å². The molecular formula is C17H25N3O3S. The van der Waals surface area contributed by atoms with Crippen molar-refractivity contribution in [2.24, 2.45) is 0 Å². The molecule has 0 saturated carbocycles. The third-order valence-corrected chi connectivity index (χ3v) is 5.04. The number of rotatable bonds is 6. The number of carbonyl (C=O) groups is 3. The van der Waals surface area contributed by atoms with Crippen LogP contribution in [0.3, 0.4) is 0 Å². The van der Waals surface area contributed by atoms with Crippen LogP contribution in [0.1, 0.15) is 42.8 Å². The van der Waals surface area contributed by atoms with Gasteiger partial charge in [0.25, 0.3) is 5.91 Å². The Morgan fingerprint density at radius 1 is 1.33 bits per heavy atom.